The molecule has 7 heteroatoms. The van der Waals surface area contributed by atoms with E-state index in [4.69, 9.17) is 17.3 Å². The fourth-order valence-corrected chi connectivity index (χ4v) is 1.97. The van der Waals surface area contributed by atoms with Crippen molar-refractivity contribution in [2.24, 2.45) is 0 Å². The Morgan fingerprint density at radius 3 is 2.57 bits per heavy atom. The molecule has 0 radical (unpaired) electrons. The van der Waals surface area contributed by atoms with Crippen LogP contribution in [0.3, 0.4) is 0 Å². The molecule has 0 aliphatic rings. The minimum atomic E-state index is -0.651. The molecule has 2 rings (SSSR count). The third-order valence-electron chi connectivity index (χ3n) is 2.77. The summed E-state index contributed by atoms with van der Waals surface area (Å²) in [7, 11) is 0. The van der Waals surface area contributed by atoms with Gasteiger partial charge in [0.1, 0.15) is 16.8 Å². The van der Waals surface area contributed by atoms with Gasteiger partial charge < -0.3 is 11.1 Å². The van der Waals surface area contributed by atoms with Gasteiger partial charge in [0.05, 0.1) is 17.4 Å². The van der Waals surface area contributed by atoms with Crippen molar-refractivity contribution in [1.82, 2.24) is 10.3 Å². The van der Waals surface area contributed by atoms with Crippen molar-refractivity contribution < 1.29 is 13.6 Å². The lowest BCUT2D eigenvalue weighted by atomic mass is 10.1. The Hall–Kier alpha value is -2.21. The minimum Gasteiger partial charge on any atom is -0.397 e. The number of rotatable bonds is 4. The van der Waals surface area contributed by atoms with Crippen LogP contribution >= 0.6 is 11.6 Å². The Balaban J connectivity index is 1.96. The number of pyridine rings is 1. The molecule has 1 aromatic heterocycles. The van der Waals surface area contributed by atoms with Crippen molar-refractivity contribution in [3.05, 3.63) is 58.4 Å². The predicted molar refractivity (Wildman–Crippen MR) is 76.1 cm³/mol. The van der Waals surface area contributed by atoms with E-state index in [9.17, 15) is 13.6 Å². The van der Waals surface area contributed by atoms with Gasteiger partial charge in [0.25, 0.3) is 5.91 Å². The Bertz CT molecular complexity index is 659. The topological polar surface area (TPSA) is 68.0 Å². The molecule has 0 saturated heterocycles. The summed E-state index contributed by atoms with van der Waals surface area (Å²) < 4.78 is 26.0. The van der Waals surface area contributed by atoms with Crippen LogP contribution in [0.2, 0.25) is 5.15 Å². The summed E-state index contributed by atoms with van der Waals surface area (Å²) in [6, 6.07) is 4.58. The van der Waals surface area contributed by atoms with Gasteiger partial charge in [-0.1, -0.05) is 11.6 Å². The summed E-state index contributed by atoms with van der Waals surface area (Å²) in [5, 5.41) is 2.76. The van der Waals surface area contributed by atoms with Gasteiger partial charge in [0.15, 0.2) is 0 Å². The lowest BCUT2D eigenvalue weighted by Crippen LogP contribution is -2.26. The van der Waals surface area contributed by atoms with Crippen LogP contribution in [0.15, 0.2) is 30.5 Å². The molecular weight excluding hydrogens is 300 g/mol. The largest absolute Gasteiger partial charge is 0.397 e. The summed E-state index contributed by atoms with van der Waals surface area (Å²) in [6.45, 7) is 0.209. The molecule has 0 spiro atoms. The van der Waals surface area contributed by atoms with Crippen LogP contribution in [0.5, 0.6) is 0 Å². The summed E-state index contributed by atoms with van der Waals surface area (Å²) in [4.78, 5) is 15.7. The third-order valence-corrected chi connectivity index (χ3v) is 2.97. The molecule has 3 N–H and O–H groups in total. The lowest BCUT2D eigenvalue weighted by Gasteiger charge is -2.08. The average Bonchev–Trinajstić information content (AvgIpc) is 2.40. The molecule has 2 aromatic rings. The van der Waals surface area contributed by atoms with E-state index in [1.165, 1.54) is 24.4 Å². The molecule has 0 unspecified atom stereocenters. The molecular formula is C14H12ClF2N3O. The smallest absolute Gasteiger partial charge is 0.253 e. The van der Waals surface area contributed by atoms with Crippen LogP contribution in [0.25, 0.3) is 0 Å². The second-order valence-electron chi connectivity index (χ2n) is 4.38. The zero-order chi connectivity index (χ0) is 15.4. The summed E-state index contributed by atoms with van der Waals surface area (Å²) in [6.07, 6.45) is 1.58. The average molecular weight is 312 g/mol. The molecule has 21 heavy (non-hydrogen) atoms. The standard InChI is InChI=1S/C14H12ClF2N3O/c15-13-6-11(12(18)7-20-13)14(21)19-2-1-8-3-9(16)5-10(17)4-8/h3-7H,1-2,18H2,(H,19,21). The van der Waals surface area contributed by atoms with Crippen molar-refractivity contribution in [3.8, 4) is 0 Å². The molecule has 110 valence electrons. The van der Waals surface area contributed by atoms with Crippen molar-refractivity contribution in [1.29, 1.82) is 0 Å². The Morgan fingerprint density at radius 2 is 1.90 bits per heavy atom. The quantitative estimate of drug-likeness (QED) is 0.853. The molecule has 1 heterocycles. The highest BCUT2D eigenvalue weighted by Gasteiger charge is 2.10. The molecule has 0 bridgehead atoms. The molecule has 4 nitrogen and oxygen atoms in total. The van der Waals surface area contributed by atoms with Gasteiger partial charge in [-0.25, -0.2) is 13.8 Å². The highest BCUT2D eigenvalue weighted by molar-refractivity contribution is 6.29. The molecule has 0 fully saturated rings. The molecule has 0 saturated carbocycles. The number of nitrogen functional groups attached to an aromatic ring is 1. The predicted octanol–water partition coefficient (Wildman–Crippen LogP) is 2.57. The van der Waals surface area contributed by atoms with Crippen molar-refractivity contribution in [2.45, 2.75) is 6.42 Å². The van der Waals surface area contributed by atoms with Gasteiger partial charge >= 0.3 is 0 Å². The Morgan fingerprint density at radius 1 is 1.24 bits per heavy atom. The third kappa shape index (κ3) is 4.13. The first-order valence-electron chi connectivity index (χ1n) is 6.10. The van der Waals surface area contributed by atoms with Gasteiger partial charge in [-0.2, -0.15) is 0 Å². The van der Waals surface area contributed by atoms with E-state index in [0.29, 0.717) is 12.0 Å². The van der Waals surface area contributed by atoms with E-state index >= 15 is 0 Å². The van der Waals surface area contributed by atoms with Crippen LogP contribution in [0.4, 0.5) is 14.5 Å². The van der Waals surface area contributed by atoms with Gasteiger partial charge in [0.2, 0.25) is 0 Å². The number of aromatic nitrogens is 1. The summed E-state index contributed by atoms with van der Waals surface area (Å²) in [5.41, 5.74) is 6.50. The maximum absolute atomic E-state index is 13.0. The van der Waals surface area contributed by atoms with E-state index in [2.05, 4.69) is 10.3 Å². The highest BCUT2D eigenvalue weighted by Crippen LogP contribution is 2.14. The van der Waals surface area contributed by atoms with Crippen LogP contribution < -0.4 is 11.1 Å². The normalized spacial score (nSPS) is 10.4. The second-order valence-corrected chi connectivity index (χ2v) is 4.77. The number of carbonyl (C=O) groups excluding carboxylic acids is 1. The zero-order valence-corrected chi connectivity index (χ0v) is 11.6. The monoisotopic (exact) mass is 311 g/mol. The number of amides is 1. The first kappa shape index (κ1) is 15.2. The number of hydrogen-bond acceptors (Lipinski definition) is 3. The van der Waals surface area contributed by atoms with Crippen LogP contribution in [-0.2, 0) is 6.42 Å². The SMILES string of the molecule is Nc1cnc(Cl)cc1C(=O)NCCc1cc(F)cc(F)c1. The van der Waals surface area contributed by atoms with Crippen LogP contribution in [0.1, 0.15) is 15.9 Å². The van der Waals surface area contributed by atoms with Crippen molar-refractivity contribution >= 4 is 23.2 Å². The molecule has 0 aliphatic heterocycles. The number of hydrogen-bond donors (Lipinski definition) is 2. The van der Waals surface area contributed by atoms with E-state index in [0.717, 1.165) is 6.07 Å². The highest BCUT2D eigenvalue weighted by atomic mass is 35.5. The Kier molecular flexibility index (Phi) is 4.70. The fourth-order valence-electron chi connectivity index (χ4n) is 1.81. The van der Waals surface area contributed by atoms with E-state index in [1.54, 1.807) is 0 Å². The van der Waals surface area contributed by atoms with E-state index in [-0.39, 0.29) is 22.9 Å². The minimum absolute atomic E-state index is 0.154. The lowest BCUT2D eigenvalue weighted by molar-refractivity contribution is 0.0955. The molecule has 0 aliphatic carbocycles. The van der Waals surface area contributed by atoms with E-state index < -0.39 is 17.5 Å². The Labute approximate surface area is 124 Å². The molecule has 1 amide bonds. The van der Waals surface area contributed by atoms with Gasteiger partial charge in [-0.15, -0.1) is 0 Å². The van der Waals surface area contributed by atoms with Crippen molar-refractivity contribution in [2.75, 3.05) is 12.3 Å². The maximum Gasteiger partial charge on any atom is 0.253 e. The summed E-state index contributed by atoms with van der Waals surface area (Å²) >= 11 is 5.70. The van der Waals surface area contributed by atoms with Gasteiger partial charge in [-0.3, -0.25) is 4.79 Å². The number of nitrogens with two attached hydrogens (primary N) is 1. The number of halogens is 3. The van der Waals surface area contributed by atoms with E-state index in [1.807, 2.05) is 0 Å². The first-order chi connectivity index (χ1) is 9.95. The molecule has 1 aromatic carbocycles. The number of carbonyl (C=O) groups is 1. The van der Waals surface area contributed by atoms with Crippen LogP contribution in [-0.4, -0.2) is 17.4 Å². The number of benzene rings is 1. The van der Waals surface area contributed by atoms with Crippen molar-refractivity contribution in [3.63, 3.8) is 0 Å². The molecule has 0 atom stereocenters. The van der Waals surface area contributed by atoms with Gasteiger partial charge in [0, 0.05) is 12.6 Å². The number of nitrogens with zero attached hydrogens (tertiary/aromatic N) is 1. The fraction of sp³-hybridized carbons (Fsp3) is 0.143. The first-order valence-corrected chi connectivity index (χ1v) is 6.47. The second kappa shape index (κ2) is 6.49. The van der Waals surface area contributed by atoms with Crippen LogP contribution in [0, 0.1) is 11.6 Å². The number of nitrogens with one attached hydrogen (secondary N) is 1. The summed E-state index contributed by atoms with van der Waals surface area (Å²) in [5.74, 6) is -1.73. The zero-order valence-electron chi connectivity index (χ0n) is 10.9. The maximum atomic E-state index is 13.0. The van der Waals surface area contributed by atoms with Gasteiger partial charge in [-0.05, 0) is 30.2 Å². The number of anilines is 1.